The van der Waals surface area contributed by atoms with Crippen molar-refractivity contribution in [2.75, 3.05) is 20.1 Å². The van der Waals surface area contributed by atoms with Crippen molar-refractivity contribution in [3.05, 3.63) is 22.4 Å². The van der Waals surface area contributed by atoms with Gasteiger partial charge in [0.05, 0.1) is 12.6 Å². The van der Waals surface area contributed by atoms with Crippen molar-refractivity contribution < 1.29 is 4.79 Å². The Morgan fingerprint density at radius 3 is 2.79 bits per heavy atom. The summed E-state index contributed by atoms with van der Waals surface area (Å²) in [7, 11) is 1.96. The summed E-state index contributed by atoms with van der Waals surface area (Å²) in [5.74, 6) is 0.0629. The van der Waals surface area contributed by atoms with E-state index in [2.05, 4.69) is 29.1 Å². The summed E-state index contributed by atoms with van der Waals surface area (Å²) in [4.78, 5) is 13.8. The molecule has 1 rings (SSSR count). The van der Waals surface area contributed by atoms with Crippen molar-refractivity contribution in [1.82, 2.24) is 10.2 Å². The highest BCUT2D eigenvalue weighted by Gasteiger charge is 2.24. The van der Waals surface area contributed by atoms with E-state index < -0.39 is 0 Å². The maximum atomic E-state index is 11.8. The van der Waals surface area contributed by atoms with Crippen LogP contribution >= 0.6 is 11.3 Å². The van der Waals surface area contributed by atoms with Gasteiger partial charge in [-0.15, -0.1) is 0 Å². The molecule has 4 nitrogen and oxygen atoms in total. The molecular formula is C14H25N3OS. The molecular weight excluding hydrogens is 258 g/mol. The molecule has 0 bridgehead atoms. The Balaban J connectivity index is 2.67. The van der Waals surface area contributed by atoms with Crippen LogP contribution in [0.4, 0.5) is 0 Å². The Bertz CT molecular complexity index is 367. The maximum Gasteiger partial charge on any atom is 0.234 e. The number of hydrogen-bond acceptors (Lipinski definition) is 4. The molecule has 108 valence electrons. The monoisotopic (exact) mass is 283 g/mol. The van der Waals surface area contributed by atoms with Gasteiger partial charge in [0.1, 0.15) is 0 Å². The van der Waals surface area contributed by atoms with Crippen LogP contribution in [-0.4, -0.2) is 37.0 Å². The number of amides is 1. The molecule has 0 saturated heterocycles. The zero-order valence-electron chi connectivity index (χ0n) is 12.1. The molecule has 0 aliphatic rings. The molecule has 1 aromatic rings. The van der Waals surface area contributed by atoms with Gasteiger partial charge in [-0.1, -0.05) is 13.8 Å². The molecule has 0 saturated carbocycles. The molecule has 0 fully saturated rings. The van der Waals surface area contributed by atoms with E-state index >= 15 is 0 Å². The van der Waals surface area contributed by atoms with Crippen LogP contribution in [0, 0.1) is 0 Å². The van der Waals surface area contributed by atoms with Gasteiger partial charge in [-0.05, 0) is 42.3 Å². The summed E-state index contributed by atoms with van der Waals surface area (Å²) in [5.41, 5.74) is 7.42. The average molecular weight is 283 g/mol. The predicted molar refractivity (Wildman–Crippen MR) is 81.3 cm³/mol. The average Bonchev–Trinajstić information content (AvgIpc) is 2.89. The molecule has 19 heavy (non-hydrogen) atoms. The van der Waals surface area contributed by atoms with Crippen molar-refractivity contribution in [1.29, 1.82) is 0 Å². The van der Waals surface area contributed by atoms with Crippen molar-refractivity contribution in [2.24, 2.45) is 5.73 Å². The first kappa shape index (κ1) is 16.1. The van der Waals surface area contributed by atoms with Crippen molar-refractivity contribution in [3.8, 4) is 0 Å². The third-order valence-corrected chi connectivity index (χ3v) is 3.90. The lowest BCUT2D eigenvalue weighted by atomic mass is 9.99. The largest absolute Gasteiger partial charge is 0.355 e. The van der Waals surface area contributed by atoms with Gasteiger partial charge in [0.15, 0.2) is 0 Å². The Morgan fingerprint density at radius 1 is 1.53 bits per heavy atom. The van der Waals surface area contributed by atoms with E-state index in [1.54, 1.807) is 11.3 Å². The molecule has 2 unspecified atom stereocenters. The van der Waals surface area contributed by atoms with Gasteiger partial charge in [-0.3, -0.25) is 9.69 Å². The fourth-order valence-electron chi connectivity index (χ4n) is 2.14. The van der Waals surface area contributed by atoms with Crippen molar-refractivity contribution in [2.45, 2.75) is 38.8 Å². The minimum atomic E-state index is 0.0403. The second-order valence-electron chi connectivity index (χ2n) is 4.84. The lowest BCUT2D eigenvalue weighted by molar-refractivity contribution is -0.122. The maximum absolute atomic E-state index is 11.8. The van der Waals surface area contributed by atoms with Gasteiger partial charge in [0.25, 0.3) is 0 Å². The Morgan fingerprint density at radius 2 is 2.26 bits per heavy atom. The smallest absolute Gasteiger partial charge is 0.234 e. The second kappa shape index (κ2) is 8.30. The number of hydrogen-bond donors (Lipinski definition) is 2. The summed E-state index contributed by atoms with van der Waals surface area (Å²) < 4.78 is 0. The molecule has 5 heteroatoms. The van der Waals surface area contributed by atoms with Crippen LogP contribution in [0.2, 0.25) is 0 Å². The molecule has 0 aromatic carbocycles. The molecule has 3 N–H and O–H groups in total. The van der Waals surface area contributed by atoms with E-state index in [9.17, 15) is 4.79 Å². The van der Waals surface area contributed by atoms with Gasteiger partial charge < -0.3 is 11.1 Å². The number of nitrogens with two attached hydrogens (primary N) is 1. The highest BCUT2D eigenvalue weighted by Crippen LogP contribution is 2.25. The molecule has 0 aliphatic carbocycles. The fourth-order valence-corrected chi connectivity index (χ4v) is 2.83. The quantitative estimate of drug-likeness (QED) is 0.767. The molecule has 0 radical (unpaired) electrons. The van der Waals surface area contributed by atoms with Crippen molar-refractivity contribution in [3.63, 3.8) is 0 Å². The first-order valence-corrected chi connectivity index (χ1v) is 7.79. The van der Waals surface area contributed by atoms with E-state index in [4.69, 9.17) is 5.73 Å². The summed E-state index contributed by atoms with van der Waals surface area (Å²) in [6.07, 6.45) is 1.85. The van der Waals surface area contributed by atoms with Crippen LogP contribution in [0.1, 0.15) is 38.3 Å². The van der Waals surface area contributed by atoms with Crippen LogP contribution in [0.5, 0.6) is 0 Å². The predicted octanol–water partition coefficient (Wildman–Crippen LogP) is 1.98. The number of nitrogens with one attached hydrogen (secondary N) is 1. The number of carbonyl (C=O) groups excluding carboxylic acids is 1. The van der Waals surface area contributed by atoms with Crippen molar-refractivity contribution >= 4 is 17.2 Å². The zero-order chi connectivity index (χ0) is 14.3. The van der Waals surface area contributed by atoms with E-state index in [-0.39, 0.29) is 18.0 Å². The summed E-state index contributed by atoms with van der Waals surface area (Å²) in [6, 6.07) is 2.23. The lowest BCUT2D eigenvalue weighted by Crippen LogP contribution is -2.43. The SMILES string of the molecule is CCCNC(=O)CN(C)C(c1ccsc1)C(N)CC. The van der Waals surface area contributed by atoms with E-state index in [1.165, 1.54) is 5.56 Å². The van der Waals surface area contributed by atoms with E-state index in [0.29, 0.717) is 6.54 Å². The van der Waals surface area contributed by atoms with Crippen LogP contribution in [0.15, 0.2) is 16.8 Å². The van der Waals surface area contributed by atoms with E-state index in [0.717, 1.165) is 19.4 Å². The van der Waals surface area contributed by atoms with Crippen LogP contribution < -0.4 is 11.1 Å². The van der Waals surface area contributed by atoms with Gasteiger partial charge in [-0.25, -0.2) is 0 Å². The van der Waals surface area contributed by atoms with Gasteiger partial charge in [0.2, 0.25) is 5.91 Å². The number of carbonyl (C=O) groups is 1. The molecule has 1 aromatic heterocycles. The van der Waals surface area contributed by atoms with Crippen LogP contribution in [0.3, 0.4) is 0 Å². The first-order chi connectivity index (χ1) is 9.10. The molecule has 0 spiro atoms. The van der Waals surface area contributed by atoms with Gasteiger partial charge in [-0.2, -0.15) is 11.3 Å². The third-order valence-electron chi connectivity index (χ3n) is 3.20. The number of nitrogens with zero attached hydrogens (tertiary/aromatic N) is 1. The molecule has 1 amide bonds. The number of rotatable bonds is 8. The van der Waals surface area contributed by atoms with Gasteiger partial charge in [0, 0.05) is 12.6 Å². The summed E-state index contributed by atoms with van der Waals surface area (Å²) in [5, 5.41) is 7.06. The topological polar surface area (TPSA) is 58.4 Å². The third kappa shape index (κ3) is 4.93. The fraction of sp³-hybridized carbons (Fsp3) is 0.643. The Kier molecular flexibility index (Phi) is 7.05. The first-order valence-electron chi connectivity index (χ1n) is 6.84. The minimum Gasteiger partial charge on any atom is -0.355 e. The van der Waals surface area contributed by atoms with Gasteiger partial charge >= 0.3 is 0 Å². The normalized spacial score (nSPS) is 14.4. The molecule has 0 aliphatic heterocycles. The van der Waals surface area contributed by atoms with Crippen LogP contribution in [-0.2, 0) is 4.79 Å². The lowest BCUT2D eigenvalue weighted by Gasteiger charge is -2.31. The van der Waals surface area contributed by atoms with E-state index in [1.807, 2.05) is 18.9 Å². The molecule has 1 heterocycles. The number of thiophene rings is 1. The Labute approximate surface area is 120 Å². The van der Waals surface area contributed by atoms with Crippen LogP contribution in [0.25, 0.3) is 0 Å². The highest BCUT2D eigenvalue weighted by molar-refractivity contribution is 7.07. The zero-order valence-corrected chi connectivity index (χ0v) is 12.9. The standard InChI is InChI=1S/C14H25N3OS/c1-4-7-16-13(18)9-17(3)14(12(15)5-2)11-6-8-19-10-11/h6,8,10,12,14H,4-5,7,9,15H2,1-3H3,(H,16,18). The summed E-state index contributed by atoms with van der Waals surface area (Å²) >= 11 is 1.66. The highest BCUT2D eigenvalue weighted by atomic mass is 32.1. The summed E-state index contributed by atoms with van der Waals surface area (Å²) in [6.45, 7) is 5.24. The Hall–Kier alpha value is -0.910. The minimum absolute atomic E-state index is 0.0403. The number of likely N-dealkylation sites (N-methyl/N-ethyl adjacent to an activating group) is 1. The second-order valence-corrected chi connectivity index (χ2v) is 5.62. The molecule has 2 atom stereocenters.